The van der Waals surface area contributed by atoms with Crippen LogP contribution in [-0.4, -0.2) is 23.4 Å². The first kappa shape index (κ1) is 8.29. The Kier molecular flexibility index (Phi) is 3.87. The van der Waals surface area contributed by atoms with Crippen molar-refractivity contribution in [3.8, 4) is 0 Å². The van der Waals surface area contributed by atoms with Gasteiger partial charge < -0.3 is 0 Å². The predicted molar refractivity (Wildman–Crippen MR) is 32.2 cm³/mol. The summed E-state index contributed by atoms with van der Waals surface area (Å²) in [5, 5.41) is 12.2. The second-order valence-corrected chi connectivity index (χ2v) is 1.71. The highest BCUT2D eigenvalue weighted by Gasteiger charge is 2.17. The fourth-order valence-electron chi connectivity index (χ4n) is 0.258. The second-order valence-electron chi connectivity index (χ2n) is 1.41. The Balaban J connectivity index is 3.67. The van der Waals surface area contributed by atoms with Crippen LogP contribution in [0.1, 0.15) is 0 Å². The maximum Gasteiger partial charge on any atom is 0.249 e. The van der Waals surface area contributed by atoms with Crippen molar-refractivity contribution in [2.24, 2.45) is 5.18 Å². The normalized spacial score (nSPS) is 12.6. The first-order chi connectivity index (χ1) is 4.22. The number of rotatable bonds is 4. The fourth-order valence-corrected chi connectivity index (χ4v) is 0.468. The lowest BCUT2D eigenvalue weighted by atomic mass is 10.4. The molecule has 0 bridgehead atoms. The van der Waals surface area contributed by atoms with E-state index in [-0.39, 0.29) is 12.4 Å². The maximum absolute atomic E-state index is 9.84. The van der Waals surface area contributed by atoms with Crippen molar-refractivity contribution >= 4 is 11.6 Å². The molecule has 1 unspecified atom stereocenters. The van der Waals surface area contributed by atoms with Crippen molar-refractivity contribution in [3.05, 3.63) is 15.0 Å². The van der Waals surface area contributed by atoms with Crippen LogP contribution in [0.3, 0.4) is 0 Å². The molecule has 0 aliphatic heterocycles. The molecule has 9 heavy (non-hydrogen) atoms. The molecule has 5 nitrogen and oxygen atoms in total. The third kappa shape index (κ3) is 2.97. The summed E-state index contributed by atoms with van der Waals surface area (Å²) in [5.41, 5.74) is 0. The van der Waals surface area contributed by atoms with Gasteiger partial charge in [0.05, 0.1) is 5.88 Å². The average molecular weight is 153 g/mol. The molecule has 0 saturated carbocycles. The van der Waals surface area contributed by atoms with Crippen molar-refractivity contribution in [2.45, 2.75) is 6.04 Å². The summed E-state index contributed by atoms with van der Waals surface area (Å²) >= 11 is 5.10. The van der Waals surface area contributed by atoms with Crippen LogP contribution in [0.4, 0.5) is 0 Å². The van der Waals surface area contributed by atoms with Crippen molar-refractivity contribution in [2.75, 3.05) is 12.4 Å². The van der Waals surface area contributed by atoms with Gasteiger partial charge in [0.15, 0.2) is 0 Å². The first-order valence-electron chi connectivity index (χ1n) is 2.21. The zero-order valence-corrected chi connectivity index (χ0v) is 5.24. The molecule has 0 aromatic carbocycles. The van der Waals surface area contributed by atoms with E-state index in [9.17, 15) is 15.0 Å². The summed E-state index contributed by atoms with van der Waals surface area (Å²) in [6.45, 7) is -0.351. The molecule has 52 valence electrons. The number of alkyl halides is 1. The van der Waals surface area contributed by atoms with Crippen molar-refractivity contribution < 1.29 is 4.92 Å². The van der Waals surface area contributed by atoms with Gasteiger partial charge in [0, 0.05) is 4.92 Å². The van der Waals surface area contributed by atoms with E-state index < -0.39 is 11.0 Å². The molecule has 0 fully saturated rings. The number of hydrogen-bond acceptors (Lipinski definition) is 4. The van der Waals surface area contributed by atoms with Crippen LogP contribution in [-0.2, 0) is 0 Å². The lowest BCUT2D eigenvalue weighted by Gasteiger charge is -1.97. The number of nitro groups is 1. The van der Waals surface area contributed by atoms with Crippen LogP contribution >= 0.6 is 11.6 Å². The molecule has 0 amide bonds. The molecule has 0 N–H and O–H groups in total. The summed E-state index contributed by atoms with van der Waals surface area (Å²) in [6, 6.07) is -1.02. The third-order valence-corrected chi connectivity index (χ3v) is 1.12. The molecule has 0 aromatic heterocycles. The van der Waals surface area contributed by atoms with E-state index >= 15 is 0 Å². The van der Waals surface area contributed by atoms with E-state index in [2.05, 4.69) is 5.18 Å². The maximum atomic E-state index is 9.84. The highest BCUT2D eigenvalue weighted by molar-refractivity contribution is 6.18. The lowest BCUT2D eigenvalue weighted by Crippen LogP contribution is -2.24. The highest BCUT2D eigenvalue weighted by Crippen LogP contribution is 1.93. The van der Waals surface area contributed by atoms with Crippen LogP contribution in [0.15, 0.2) is 5.18 Å². The summed E-state index contributed by atoms with van der Waals surface area (Å²) in [5.74, 6) is -0.168. The number of nitrogens with zero attached hydrogens (tertiary/aromatic N) is 2. The SMILES string of the molecule is O=NCC(CCl)[N+](=O)[O-]. The summed E-state index contributed by atoms with van der Waals surface area (Å²) in [6.07, 6.45) is 0. The minimum absolute atomic E-state index is 0.168. The highest BCUT2D eigenvalue weighted by atomic mass is 35.5. The van der Waals surface area contributed by atoms with Gasteiger partial charge in [-0.2, -0.15) is 4.91 Å². The molecule has 0 radical (unpaired) electrons. The summed E-state index contributed by atoms with van der Waals surface area (Å²) < 4.78 is 0. The van der Waals surface area contributed by atoms with Gasteiger partial charge >= 0.3 is 0 Å². The number of hydrogen-bond donors (Lipinski definition) is 0. The molecular weight excluding hydrogens is 147 g/mol. The molecule has 0 rings (SSSR count). The van der Waals surface area contributed by atoms with E-state index in [1.807, 2.05) is 0 Å². The van der Waals surface area contributed by atoms with Crippen LogP contribution in [0.25, 0.3) is 0 Å². The molecule has 0 spiro atoms. The van der Waals surface area contributed by atoms with Crippen LogP contribution in [0.2, 0.25) is 0 Å². The fraction of sp³-hybridized carbons (Fsp3) is 1.00. The minimum atomic E-state index is -1.02. The predicted octanol–water partition coefficient (Wildman–Crippen LogP) is 0.637. The Morgan fingerprint density at radius 1 is 1.78 bits per heavy atom. The summed E-state index contributed by atoms with van der Waals surface area (Å²) in [4.78, 5) is 18.7. The molecule has 1 atom stereocenters. The van der Waals surface area contributed by atoms with Gasteiger partial charge in [-0.05, 0) is 0 Å². The summed E-state index contributed by atoms with van der Waals surface area (Å²) in [7, 11) is 0. The largest absolute Gasteiger partial charge is 0.264 e. The van der Waals surface area contributed by atoms with Crippen LogP contribution in [0.5, 0.6) is 0 Å². The van der Waals surface area contributed by atoms with E-state index in [0.717, 1.165) is 0 Å². The minimum Gasteiger partial charge on any atom is -0.264 e. The van der Waals surface area contributed by atoms with E-state index in [4.69, 9.17) is 11.6 Å². The topological polar surface area (TPSA) is 72.6 Å². The van der Waals surface area contributed by atoms with Gasteiger partial charge in [-0.15, -0.1) is 11.6 Å². The molecule has 6 heteroatoms. The molecule has 0 heterocycles. The number of halogens is 1. The Hall–Kier alpha value is -0.710. The Morgan fingerprint density at radius 3 is 2.44 bits per heavy atom. The molecular formula is C3H5ClN2O3. The molecule has 0 aliphatic carbocycles. The van der Waals surface area contributed by atoms with E-state index in [1.165, 1.54) is 0 Å². The lowest BCUT2D eigenvalue weighted by molar-refractivity contribution is -0.513. The monoisotopic (exact) mass is 152 g/mol. The Labute approximate surface area is 56.1 Å². The first-order valence-corrected chi connectivity index (χ1v) is 2.74. The van der Waals surface area contributed by atoms with Gasteiger partial charge in [0.2, 0.25) is 6.04 Å². The van der Waals surface area contributed by atoms with Crippen molar-refractivity contribution in [1.82, 2.24) is 0 Å². The standard InChI is InChI=1S/C3H5ClN2O3/c4-1-3(2-5-7)6(8)9/h3H,1-2H2. The smallest absolute Gasteiger partial charge is 0.249 e. The van der Waals surface area contributed by atoms with Crippen LogP contribution in [0, 0.1) is 15.0 Å². The molecule has 0 saturated heterocycles. The third-order valence-electron chi connectivity index (χ3n) is 0.762. The quantitative estimate of drug-likeness (QED) is 0.257. The number of nitroso groups, excluding NO2 is 1. The average Bonchev–Trinajstić information content (AvgIpc) is 1.82. The second kappa shape index (κ2) is 4.20. The van der Waals surface area contributed by atoms with Crippen LogP contribution < -0.4 is 0 Å². The van der Waals surface area contributed by atoms with E-state index in [1.54, 1.807) is 0 Å². The van der Waals surface area contributed by atoms with Gasteiger partial charge in [-0.1, -0.05) is 5.18 Å². The Bertz CT molecular complexity index is 118. The van der Waals surface area contributed by atoms with Gasteiger partial charge in [0.25, 0.3) is 0 Å². The van der Waals surface area contributed by atoms with Gasteiger partial charge in [0.1, 0.15) is 6.54 Å². The zero-order chi connectivity index (χ0) is 7.28. The zero-order valence-electron chi connectivity index (χ0n) is 4.49. The van der Waals surface area contributed by atoms with E-state index in [0.29, 0.717) is 0 Å². The van der Waals surface area contributed by atoms with Crippen molar-refractivity contribution in [1.29, 1.82) is 0 Å². The molecule has 0 aromatic rings. The van der Waals surface area contributed by atoms with Gasteiger partial charge in [-0.3, -0.25) is 10.1 Å². The Morgan fingerprint density at radius 2 is 2.33 bits per heavy atom. The molecule has 0 aliphatic rings. The van der Waals surface area contributed by atoms with Gasteiger partial charge in [-0.25, -0.2) is 0 Å². The van der Waals surface area contributed by atoms with Crippen molar-refractivity contribution in [3.63, 3.8) is 0 Å².